The van der Waals surface area contributed by atoms with Crippen molar-refractivity contribution in [3.8, 4) is 0 Å². The number of carbonyl (C=O) groups excluding carboxylic acids is 1. The molecule has 1 aliphatic rings. The van der Waals surface area contributed by atoms with Crippen LogP contribution in [0.5, 0.6) is 0 Å². The zero-order valence-electron chi connectivity index (χ0n) is 12.2. The molecule has 2 aromatic rings. The van der Waals surface area contributed by atoms with Gasteiger partial charge in [0.2, 0.25) is 5.13 Å². The molecule has 0 aromatic carbocycles. The third-order valence-electron chi connectivity index (χ3n) is 3.84. The molecule has 0 saturated heterocycles. The second-order valence-corrected chi connectivity index (χ2v) is 6.40. The van der Waals surface area contributed by atoms with E-state index in [2.05, 4.69) is 39.6 Å². The van der Waals surface area contributed by atoms with Crippen molar-refractivity contribution in [1.29, 1.82) is 0 Å². The Morgan fingerprint density at radius 2 is 2.19 bits per heavy atom. The van der Waals surface area contributed by atoms with Gasteiger partial charge in [-0.2, -0.15) is 5.10 Å². The van der Waals surface area contributed by atoms with Crippen LogP contribution in [-0.4, -0.2) is 26.3 Å². The lowest BCUT2D eigenvalue weighted by molar-refractivity contribution is 0.102. The quantitative estimate of drug-likeness (QED) is 0.857. The molecule has 0 atom stereocenters. The molecule has 3 rings (SSSR count). The Kier molecular flexibility index (Phi) is 4.01. The maximum absolute atomic E-state index is 12.1. The molecule has 7 heteroatoms. The van der Waals surface area contributed by atoms with Crippen molar-refractivity contribution in [2.75, 3.05) is 5.32 Å². The smallest absolute Gasteiger partial charge is 0.277 e. The highest BCUT2D eigenvalue weighted by Gasteiger charge is 2.26. The Hall–Kier alpha value is -1.76. The minimum atomic E-state index is -0.231. The molecule has 0 unspecified atom stereocenters. The van der Waals surface area contributed by atoms with Crippen molar-refractivity contribution in [3.05, 3.63) is 22.5 Å². The van der Waals surface area contributed by atoms with Crippen molar-refractivity contribution in [3.63, 3.8) is 0 Å². The number of carbonyl (C=O) groups is 1. The van der Waals surface area contributed by atoms with E-state index in [-0.39, 0.29) is 5.91 Å². The van der Waals surface area contributed by atoms with E-state index in [0.29, 0.717) is 22.7 Å². The van der Waals surface area contributed by atoms with Gasteiger partial charge in [0.15, 0.2) is 5.69 Å². The van der Waals surface area contributed by atoms with Crippen molar-refractivity contribution < 1.29 is 4.79 Å². The first-order valence-corrected chi connectivity index (χ1v) is 8.23. The molecule has 2 heterocycles. The molecule has 1 fully saturated rings. The second kappa shape index (κ2) is 5.93. The third-order valence-corrected chi connectivity index (χ3v) is 4.84. The van der Waals surface area contributed by atoms with Crippen LogP contribution in [0.15, 0.2) is 6.07 Å². The number of aromatic amines is 1. The molecule has 21 heavy (non-hydrogen) atoms. The fourth-order valence-electron chi connectivity index (χ4n) is 2.31. The van der Waals surface area contributed by atoms with E-state index in [4.69, 9.17) is 0 Å². The molecule has 1 amide bonds. The zero-order chi connectivity index (χ0) is 14.8. The summed E-state index contributed by atoms with van der Waals surface area (Å²) in [4.78, 5) is 12.1. The summed E-state index contributed by atoms with van der Waals surface area (Å²) in [6.07, 6.45) is 4.42. The Bertz CT molecular complexity index is 627. The molecule has 6 nitrogen and oxygen atoms in total. The van der Waals surface area contributed by atoms with Gasteiger partial charge in [-0.05, 0) is 31.7 Å². The molecule has 0 bridgehead atoms. The Morgan fingerprint density at radius 3 is 2.86 bits per heavy atom. The average molecular weight is 305 g/mol. The summed E-state index contributed by atoms with van der Waals surface area (Å²) in [6, 6.07) is 1.83. The van der Waals surface area contributed by atoms with Crippen molar-refractivity contribution in [2.24, 2.45) is 0 Å². The highest BCUT2D eigenvalue weighted by molar-refractivity contribution is 7.15. The van der Waals surface area contributed by atoms with Gasteiger partial charge < -0.3 is 0 Å². The standard InChI is InChI=1S/C14H19N5OS/c1-3-8(4-2)13-18-19-14(21-13)15-12(20)11-7-10(16-17-11)9-5-6-9/h7-9H,3-6H2,1-2H3,(H,16,17)(H,15,19,20). The van der Waals surface area contributed by atoms with E-state index < -0.39 is 0 Å². The Morgan fingerprint density at radius 1 is 1.43 bits per heavy atom. The molecule has 1 saturated carbocycles. The summed E-state index contributed by atoms with van der Waals surface area (Å²) in [5.41, 5.74) is 1.46. The highest BCUT2D eigenvalue weighted by atomic mass is 32.1. The summed E-state index contributed by atoms with van der Waals surface area (Å²) in [7, 11) is 0. The summed E-state index contributed by atoms with van der Waals surface area (Å²) >= 11 is 1.45. The van der Waals surface area contributed by atoms with E-state index >= 15 is 0 Å². The van der Waals surface area contributed by atoms with Gasteiger partial charge in [0.05, 0.1) is 0 Å². The van der Waals surface area contributed by atoms with Gasteiger partial charge in [-0.1, -0.05) is 25.2 Å². The van der Waals surface area contributed by atoms with Crippen molar-refractivity contribution >= 4 is 22.4 Å². The van der Waals surface area contributed by atoms with Crippen LogP contribution >= 0.6 is 11.3 Å². The molecule has 0 spiro atoms. The lowest BCUT2D eigenvalue weighted by atomic mass is 10.1. The minimum Gasteiger partial charge on any atom is -0.295 e. The molecule has 0 radical (unpaired) electrons. The molecule has 2 N–H and O–H groups in total. The fourth-order valence-corrected chi connectivity index (χ4v) is 3.31. The van der Waals surface area contributed by atoms with E-state index in [1.165, 1.54) is 24.2 Å². The largest absolute Gasteiger partial charge is 0.295 e. The number of nitrogens with one attached hydrogen (secondary N) is 2. The van der Waals surface area contributed by atoms with Gasteiger partial charge in [0, 0.05) is 17.5 Å². The van der Waals surface area contributed by atoms with Crippen LogP contribution < -0.4 is 5.32 Å². The number of hydrogen-bond donors (Lipinski definition) is 2. The second-order valence-electron chi connectivity index (χ2n) is 5.40. The summed E-state index contributed by atoms with van der Waals surface area (Å²) in [5.74, 6) is 0.743. The number of hydrogen-bond acceptors (Lipinski definition) is 5. The van der Waals surface area contributed by atoms with E-state index in [0.717, 1.165) is 23.5 Å². The van der Waals surface area contributed by atoms with E-state index in [1.54, 1.807) is 0 Å². The fraction of sp³-hybridized carbons (Fsp3) is 0.571. The number of aromatic nitrogens is 4. The Labute approximate surface area is 127 Å². The summed E-state index contributed by atoms with van der Waals surface area (Å²) < 4.78 is 0. The van der Waals surface area contributed by atoms with Gasteiger partial charge in [0.25, 0.3) is 5.91 Å². The molecular formula is C14H19N5OS. The number of rotatable bonds is 6. The van der Waals surface area contributed by atoms with Gasteiger partial charge in [-0.3, -0.25) is 15.2 Å². The lowest BCUT2D eigenvalue weighted by Crippen LogP contribution is -2.12. The SMILES string of the molecule is CCC(CC)c1nnc(NC(=O)c2cc(C3CC3)[nH]n2)s1. The molecule has 112 valence electrons. The number of H-pyrrole nitrogens is 1. The Balaban J connectivity index is 1.66. The van der Waals surface area contributed by atoms with Gasteiger partial charge in [-0.15, -0.1) is 10.2 Å². The number of anilines is 1. The van der Waals surface area contributed by atoms with Crippen LogP contribution in [0.4, 0.5) is 5.13 Å². The normalized spacial score (nSPS) is 14.6. The molecule has 2 aromatic heterocycles. The monoisotopic (exact) mass is 305 g/mol. The van der Waals surface area contributed by atoms with Crippen LogP contribution in [0.2, 0.25) is 0 Å². The van der Waals surface area contributed by atoms with Crippen molar-refractivity contribution in [2.45, 2.75) is 51.4 Å². The maximum Gasteiger partial charge on any atom is 0.277 e. The van der Waals surface area contributed by atoms with Crippen LogP contribution in [0.25, 0.3) is 0 Å². The number of nitrogens with zero attached hydrogens (tertiary/aromatic N) is 3. The van der Waals surface area contributed by atoms with Gasteiger partial charge in [-0.25, -0.2) is 0 Å². The molecule has 1 aliphatic carbocycles. The van der Waals surface area contributed by atoms with Gasteiger partial charge >= 0.3 is 0 Å². The van der Waals surface area contributed by atoms with Crippen LogP contribution in [0.1, 0.15) is 72.6 Å². The number of amides is 1. The zero-order valence-corrected chi connectivity index (χ0v) is 13.0. The summed E-state index contributed by atoms with van der Waals surface area (Å²) in [6.45, 7) is 4.27. The van der Waals surface area contributed by atoms with E-state index in [1.807, 2.05) is 6.07 Å². The van der Waals surface area contributed by atoms with Gasteiger partial charge in [0.1, 0.15) is 5.01 Å². The maximum atomic E-state index is 12.1. The first kappa shape index (κ1) is 14.2. The first-order chi connectivity index (χ1) is 10.2. The minimum absolute atomic E-state index is 0.231. The third kappa shape index (κ3) is 3.12. The highest BCUT2D eigenvalue weighted by Crippen LogP contribution is 2.39. The topological polar surface area (TPSA) is 83.6 Å². The van der Waals surface area contributed by atoms with Crippen LogP contribution in [0.3, 0.4) is 0 Å². The molecular weight excluding hydrogens is 286 g/mol. The van der Waals surface area contributed by atoms with Crippen LogP contribution in [0, 0.1) is 0 Å². The van der Waals surface area contributed by atoms with Crippen molar-refractivity contribution in [1.82, 2.24) is 20.4 Å². The average Bonchev–Trinajstić information content (AvgIpc) is 3.03. The predicted molar refractivity (Wildman–Crippen MR) is 81.7 cm³/mol. The lowest BCUT2D eigenvalue weighted by Gasteiger charge is -2.05. The van der Waals surface area contributed by atoms with E-state index in [9.17, 15) is 4.79 Å². The molecule has 0 aliphatic heterocycles. The predicted octanol–water partition coefficient (Wildman–Crippen LogP) is 3.29. The first-order valence-electron chi connectivity index (χ1n) is 7.41. The van der Waals surface area contributed by atoms with Crippen LogP contribution in [-0.2, 0) is 0 Å². The summed E-state index contributed by atoms with van der Waals surface area (Å²) in [5, 5.41) is 19.5.